The van der Waals surface area contributed by atoms with Gasteiger partial charge in [0.05, 0.1) is 22.3 Å². The zero-order valence-electron chi connectivity index (χ0n) is 33.0. The van der Waals surface area contributed by atoms with E-state index in [9.17, 15) is 43.2 Å². The Morgan fingerprint density at radius 2 is 1.11 bits per heavy atom. The summed E-state index contributed by atoms with van der Waals surface area (Å²) in [5, 5.41) is 4.29. The van der Waals surface area contributed by atoms with Gasteiger partial charge in [0.2, 0.25) is 23.6 Å². The van der Waals surface area contributed by atoms with E-state index in [1.54, 1.807) is 6.07 Å². The van der Waals surface area contributed by atoms with E-state index in [1.165, 1.54) is 43.2 Å². The van der Waals surface area contributed by atoms with Crippen LogP contribution in [0, 0.1) is 0 Å². The Kier molecular flexibility index (Phi) is 17.2. The summed E-state index contributed by atoms with van der Waals surface area (Å²) in [4.78, 5) is 109. The maximum atomic E-state index is 12.8. The molecule has 330 valence electrons. The highest BCUT2D eigenvalue weighted by molar-refractivity contribution is 7.79. The van der Waals surface area contributed by atoms with E-state index in [0.29, 0.717) is 25.2 Å². The summed E-state index contributed by atoms with van der Waals surface area (Å²) in [5.74, 6) is -3.80. The first-order chi connectivity index (χ1) is 29.0. The number of rotatable bonds is 12. The minimum Gasteiger partial charge on any atom is -0.488 e. The van der Waals surface area contributed by atoms with Crippen LogP contribution >= 0.6 is 0 Å². The third kappa shape index (κ3) is 13.0. The molecule has 0 radical (unpaired) electrons. The van der Waals surface area contributed by atoms with E-state index in [1.807, 2.05) is 13.8 Å². The van der Waals surface area contributed by atoms with Crippen LogP contribution in [0.3, 0.4) is 0 Å². The van der Waals surface area contributed by atoms with Crippen molar-refractivity contribution in [2.75, 3.05) is 39.6 Å². The highest BCUT2D eigenvalue weighted by atomic mass is 32.3. The molecule has 2 aromatic rings. The van der Waals surface area contributed by atoms with E-state index in [4.69, 9.17) is 41.2 Å². The molecule has 2 atom stereocenters. The molecule has 8 amide bonds. The van der Waals surface area contributed by atoms with Crippen LogP contribution in [-0.4, -0.2) is 139 Å². The smallest absolute Gasteiger partial charge is 0.394 e. The molecule has 3 saturated heterocycles. The number of benzene rings is 2. The second-order valence-corrected chi connectivity index (χ2v) is 14.1. The third-order valence-electron chi connectivity index (χ3n) is 9.06. The Labute approximate surface area is 348 Å². The average molecular weight is 877 g/mol. The number of amides is 8. The van der Waals surface area contributed by atoms with Gasteiger partial charge in [0.1, 0.15) is 36.8 Å². The van der Waals surface area contributed by atoms with Crippen LogP contribution in [-0.2, 0) is 48.6 Å². The molecule has 61 heavy (non-hydrogen) atoms. The van der Waals surface area contributed by atoms with Gasteiger partial charge in [-0.05, 0) is 75.9 Å². The molecule has 5 aliphatic heterocycles. The fourth-order valence-corrected chi connectivity index (χ4v) is 6.40. The maximum absolute atomic E-state index is 12.8. The topological polar surface area (TPSA) is 305 Å². The lowest BCUT2D eigenvalue weighted by Gasteiger charge is -2.27. The Balaban J connectivity index is 0.000000221. The maximum Gasteiger partial charge on any atom is 0.394 e. The number of nitrogens with zero attached hydrogens (tertiary/aromatic N) is 2. The highest BCUT2D eigenvalue weighted by Gasteiger charge is 2.46. The molecule has 2 aromatic carbocycles. The van der Waals surface area contributed by atoms with Gasteiger partial charge in [-0.1, -0.05) is 0 Å². The van der Waals surface area contributed by atoms with Crippen LogP contribution in [0.4, 0.5) is 0 Å². The second kappa shape index (κ2) is 22.0. The number of fused-ring (bicyclic) bond motifs is 2. The first-order valence-electron chi connectivity index (χ1n) is 18.9. The van der Waals surface area contributed by atoms with Crippen molar-refractivity contribution in [3.63, 3.8) is 0 Å². The van der Waals surface area contributed by atoms with Crippen LogP contribution in [0.5, 0.6) is 11.5 Å². The number of hydrogen-bond acceptors (Lipinski definition) is 16. The number of imide groups is 4. The standard InChI is InChI=1S/C19H22N2O7.C15H12N2O6.C4H8O.H2O4S/c1-3-26-16(27-4-2)10-28-11-5-6-12-13(9-11)19(25)21(18(12)24)14-7-8-15(22)20-17(14)23;18-5-6-23-8-1-2-9-10(7-8)15(22)17(14(9)21)11-3-4-12(19)16-13(11)20;1-2-4-5-3-1;1-5(2,3)4/h5-6,9,14,16H,3-4,7-8,10H2,1-2H3,(H,20,22,23);1-2,5,7,11H,3-4,6H2,(H,16,19,20);1-4H2;(H2,1,2,3,4). The van der Waals surface area contributed by atoms with Crippen LogP contribution in [0.1, 0.15) is 93.8 Å². The fraction of sp³-hybridized carbons (Fsp3) is 0.447. The molecule has 23 heteroatoms. The summed E-state index contributed by atoms with van der Waals surface area (Å²) >= 11 is 0. The van der Waals surface area contributed by atoms with Crippen molar-refractivity contribution in [1.82, 2.24) is 20.4 Å². The Bertz CT molecular complexity index is 2120. The summed E-state index contributed by atoms with van der Waals surface area (Å²) in [6.45, 7) is 6.57. The summed E-state index contributed by atoms with van der Waals surface area (Å²) < 4.78 is 58.1. The number of hydrogen-bond donors (Lipinski definition) is 4. The van der Waals surface area contributed by atoms with Crippen molar-refractivity contribution in [3.05, 3.63) is 58.7 Å². The fourth-order valence-electron chi connectivity index (χ4n) is 6.40. The minimum absolute atomic E-state index is 0.0670. The van der Waals surface area contributed by atoms with Crippen LogP contribution < -0.4 is 20.1 Å². The Hall–Kier alpha value is -5.98. The molecule has 5 aliphatic rings. The number of nitrogens with one attached hydrogen (secondary N) is 2. The van der Waals surface area contributed by atoms with Gasteiger partial charge < -0.3 is 23.7 Å². The van der Waals surface area contributed by atoms with Gasteiger partial charge in [-0.15, -0.1) is 0 Å². The quantitative estimate of drug-likeness (QED) is 0.0986. The van der Waals surface area contributed by atoms with Crippen LogP contribution in [0.2, 0.25) is 0 Å². The van der Waals surface area contributed by atoms with E-state index < -0.39 is 76.0 Å². The molecule has 7 rings (SSSR count). The minimum atomic E-state index is -4.67. The molecule has 4 N–H and O–H groups in total. The summed E-state index contributed by atoms with van der Waals surface area (Å²) in [7, 11) is -4.67. The predicted molar refractivity (Wildman–Crippen MR) is 205 cm³/mol. The lowest BCUT2D eigenvalue weighted by molar-refractivity contribution is -0.152. The lowest BCUT2D eigenvalue weighted by Crippen LogP contribution is -2.54. The zero-order valence-corrected chi connectivity index (χ0v) is 33.8. The molecule has 0 aromatic heterocycles. The SMILES string of the molecule is C1CCOC1.CCOC(COc1ccc2c(c1)C(=O)N(C1CCC(=O)NC1=O)C2=O)OCC.O=CCOc1ccc2c(c1)C(=O)N(C1CCC(=O)NC1=O)C2=O.O=S(=O)(O)O. The molecule has 0 bridgehead atoms. The van der Waals surface area contributed by atoms with Gasteiger partial charge in [-0.2, -0.15) is 8.42 Å². The van der Waals surface area contributed by atoms with Gasteiger partial charge in [0.25, 0.3) is 23.6 Å². The normalized spacial score (nSPS) is 19.4. The van der Waals surface area contributed by atoms with E-state index >= 15 is 0 Å². The molecule has 0 aliphatic carbocycles. The number of piperidine rings is 2. The number of ether oxygens (including phenoxy) is 5. The van der Waals surface area contributed by atoms with Gasteiger partial charge in [-0.25, -0.2) is 0 Å². The zero-order chi connectivity index (χ0) is 44.9. The molecule has 0 spiro atoms. The summed E-state index contributed by atoms with van der Waals surface area (Å²) in [6.07, 6.45) is 2.94. The lowest BCUT2D eigenvalue weighted by atomic mass is 10.0. The van der Waals surface area contributed by atoms with Gasteiger partial charge in [-0.3, -0.25) is 72.7 Å². The van der Waals surface area contributed by atoms with E-state index in [-0.39, 0.29) is 66.9 Å². The molecule has 5 heterocycles. The van der Waals surface area contributed by atoms with E-state index in [2.05, 4.69) is 10.6 Å². The van der Waals surface area contributed by atoms with Crippen molar-refractivity contribution < 1.29 is 84.4 Å². The average Bonchev–Trinajstić information content (AvgIpc) is 3.93. The second-order valence-electron chi connectivity index (χ2n) is 13.2. The summed E-state index contributed by atoms with van der Waals surface area (Å²) in [5.41, 5.74) is 0.644. The molecule has 3 fully saturated rings. The van der Waals surface area contributed by atoms with Crippen LogP contribution in [0.15, 0.2) is 36.4 Å². The van der Waals surface area contributed by atoms with Crippen LogP contribution in [0.25, 0.3) is 0 Å². The molecular formula is C38H44N4O18S. The first kappa shape index (κ1) is 47.7. The van der Waals surface area contributed by atoms with Gasteiger partial charge >= 0.3 is 10.4 Å². The van der Waals surface area contributed by atoms with Gasteiger partial charge in [0, 0.05) is 39.3 Å². The molecule has 2 unspecified atom stereocenters. The highest BCUT2D eigenvalue weighted by Crippen LogP contribution is 2.32. The number of carbonyl (C=O) groups excluding carboxylic acids is 9. The van der Waals surface area contributed by atoms with E-state index in [0.717, 1.165) is 23.0 Å². The number of aldehydes is 1. The van der Waals surface area contributed by atoms with Gasteiger partial charge in [0.15, 0.2) is 12.6 Å². The van der Waals surface area contributed by atoms with Crippen molar-refractivity contribution in [2.24, 2.45) is 0 Å². The predicted octanol–water partition coefficient (Wildman–Crippen LogP) is 0.675. The van der Waals surface area contributed by atoms with Crippen molar-refractivity contribution in [3.8, 4) is 11.5 Å². The largest absolute Gasteiger partial charge is 0.488 e. The molecular weight excluding hydrogens is 832 g/mol. The van der Waals surface area contributed by atoms with Crippen molar-refractivity contribution in [2.45, 2.75) is 70.7 Å². The number of carbonyl (C=O) groups is 9. The Morgan fingerprint density at radius 1 is 0.705 bits per heavy atom. The summed E-state index contributed by atoms with van der Waals surface area (Å²) in [6, 6.07) is 6.80. The first-order valence-corrected chi connectivity index (χ1v) is 20.3. The molecule has 22 nitrogen and oxygen atoms in total. The monoisotopic (exact) mass is 876 g/mol. The third-order valence-corrected chi connectivity index (χ3v) is 9.06. The Morgan fingerprint density at radius 3 is 1.48 bits per heavy atom. The molecule has 0 saturated carbocycles. The van der Waals surface area contributed by atoms with Crippen molar-refractivity contribution in [1.29, 1.82) is 0 Å². The van der Waals surface area contributed by atoms with Crippen molar-refractivity contribution >= 4 is 63.9 Å².